The van der Waals surface area contributed by atoms with E-state index in [-0.39, 0.29) is 18.1 Å². The molecule has 1 aliphatic heterocycles. The number of alkyl halides is 2. The van der Waals surface area contributed by atoms with Crippen LogP contribution in [0.25, 0.3) is 0 Å². The summed E-state index contributed by atoms with van der Waals surface area (Å²) in [6.45, 7) is 6.02. The molecule has 1 fully saturated rings. The van der Waals surface area contributed by atoms with Crippen LogP contribution >= 0.6 is 0 Å². The molecule has 1 amide bonds. The van der Waals surface area contributed by atoms with Gasteiger partial charge in [-0.05, 0) is 13.8 Å². The third kappa shape index (κ3) is 4.42. The molecule has 10 nitrogen and oxygen atoms in total. The maximum absolute atomic E-state index is 13.0. The van der Waals surface area contributed by atoms with Gasteiger partial charge < -0.3 is 4.90 Å². The monoisotopic (exact) mass is 411 g/mol. The van der Waals surface area contributed by atoms with Crippen molar-refractivity contribution in [3.8, 4) is 0 Å². The van der Waals surface area contributed by atoms with Gasteiger partial charge in [0, 0.05) is 51.5 Å². The summed E-state index contributed by atoms with van der Waals surface area (Å²) < 4.78 is 28.8. The van der Waals surface area contributed by atoms with Gasteiger partial charge in [-0.2, -0.15) is 10.2 Å². The second-order valence-electron chi connectivity index (χ2n) is 7.11. The molecule has 2 aromatic rings. The minimum Gasteiger partial charge on any atom is -0.339 e. The van der Waals surface area contributed by atoms with Gasteiger partial charge in [-0.15, -0.1) is 0 Å². The van der Waals surface area contributed by atoms with Gasteiger partial charge in [0.1, 0.15) is 12.2 Å². The lowest BCUT2D eigenvalue weighted by Crippen LogP contribution is -2.49. The van der Waals surface area contributed by atoms with E-state index in [2.05, 4.69) is 15.1 Å². The Bertz CT molecular complexity index is 917. The van der Waals surface area contributed by atoms with E-state index in [0.29, 0.717) is 26.2 Å². The first-order valence-corrected chi connectivity index (χ1v) is 9.16. The number of hydrogen-bond acceptors (Lipinski definition) is 6. The Morgan fingerprint density at radius 1 is 1.24 bits per heavy atom. The average molecular weight is 411 g/mol. The van der Waals surface area contributed by atoms with Crippen LogP contribution in [0, 0.1) is 24.0 Å². The number of piperazine rings is 1. The van der Waals surface area contributed by atoms with Crippen LogP contribution in [-0.2, 0) is 24.9 Å². The van der Waals surface area contributed by atoms with Crippen LogP contribution in [0.3, 0.4) is 0 Å². The average Bonchev–Trinajstić information content (AvgIpc) is 3.14. The van der Waals surface area contributed by atoms with Crippen molar-refractivity contribution >= 4 is 11.6 Å². The summed E-state index contributed by atoms with van der Waals surface area (Å²) in [6, 6.07) is 0. The zero-order chi connectivity index (χ0) is 21.3. The van der Waals surface area contributed by atoms with E-state index in [0.717, 1.165) is 22.5 Å². The van der Waals surface area contributed by atoms with Gasteiger partial charge in [-0.3, -0.25) is 29.2 Å². The van der Waals surface area contributed by atoms with E-state index in [1.165, 1.54) is 6.92 Å². The summed E-state index contributed by atoms with van der Waals surface area (Å²) in [5, 5.41) is 19.0. The highest BCUT2D eigenvalue weighted by Gasteiger charge is 2.32. The largest absolute Gasteiger partial charge is 0.339 e. The van der Waals surface area contributed by atoms with Crippen LogP contribution in [0.15, 0.2) is 6.20 Å². The number of amides is 1. The molecule has 2 aromatic heterocycles. The highest BCUT2D eigenvalue weighted by Crippen LogP contribution is 2.30. The minimum absolute atomic E-state index is 0.0515. The summed E-state index contributed by atoms with van der Waals surface area (Å²) in [7, 11) is 1.87. The third-order valence-electron chi connectivity index (χ3n) is 5.11. The molecular weight excluding hydrogens is 388 g/mol. The summed E-state index contributed by atoms with van der Waals surface area (Å²) in [5.41, 5.74) is 0.411. The first kappa shape index (κ1) is 20.8. The van der Waals surface area contributed by atoms with E-state index in [9.17, 15) is 23.7 Å². The molecule has 12 heteroatoms. The highest BCUT2D eigenvalue weighted by molar-refractivity contribution is 5.76. The predicted octanol–water partition coefficient (Wildman–Crippen LogP) is 1.42. The van der Waals surface area contributed by atoms with Crippen LogP contribution in [-0.4, -0.2) is 66.4 Å². The van der Waals surface area contributed by atoms with Crippen LogP contribution < -0.4 is 0 Å². The van der Waals surface area contributed by atoms with E-state index in [4.69, 9.17) is 0 Å². The lowest BCUT2D eigenvalue weighted by molar-refractivity contribution is -0.386. The summed E-state index contributed by atoms with van der Waals surface area (Å²) in [5.74, 6) is -0.302. The number of rotatable bonds is 6. The molecule has 3 rings (SSSR count). The first-order valence-electron chi connectivity index (χ1n) is 9.16. The van der Waals surface area contributed by atoms with Crippen molar-refractivity contribution in [1.29, 1.82) is 0 Å². The fourth-order valence-corrected chi connectivity index (χ4v) is 3.51. The van der Waals surface area contributed by atoms with Gasteiger partial charge in [0.25, 0.3) is 6.43 Å². The third-order valence-corrected chi connectivity index (χ3v) is 5.11. The lowest BCUT2D eigenvalue weighted by Gasteiger charge is -2.34. The number of carbonyl (C=O) groups is 1. The zero-order valence-corrected chi connectivity index (χ0v) is 16.5. The molecule has 0 atom stereocenters. The maximum Gasteiger partial charge on any atom is 0.319 e. The maximum atomic E-state index is 13.0. The molecule has 29 heavy (non-hydrogen) atoms. The standard InChI is InChI=1S/C17H23F2N7O3/c1-11-13(8-22(3)20-11)9-23-4-6-24(7-5-23)14(27)10-25-12(2)16(26(28)29)15(21-25)17(18)19/h8,17H,4-7,9-10H2,1-3H3. The minimum atomic E-state index is -3.08. The molecule has 0 radical (unpaired) electrons. The number of halogens is 2. The Hall–Kier alpha value is -2.89. The fourth-order valence-electron chi connectivity index (χ4n) is 3.51. The summed E-state index contributed by atoms with van der Waals surface area (Å²) in [4.78, 5) is 26.6. The Balaban J connectivity index is 1.61. The lowest BCUT2D eigenvalue weighted by atomic mass is 10.2. The van der Waals surface area contributed by atoms with E-state index < -0.39 is 22.7 Å². The molecule has 1 aliphatic rings. The summed E-state index contributed by atoms with van der Waals surface area (Å²) >= 11 is 0. The Kier molecular flexibility index (Phi) is 5.91. The van der Waals surface area contributed by atoms with Crippen LogP contribution in [0.1, 0.15) is 29.1 Å². The van der Waals surface area contributed by atoms with E-state index in [1.807, 2.05) is 20.2 Å². The van der Waals surface area contributed by atoms with Crippen LogP contribution in [0.2, 0.25) is 0 Å². The van der Waals surface area contributed by atoms with E-state index in [1.54, 1.807) is 9.58 Å². The summed E-state index contributed by atoms with van der Waals surface area (Å²) in [6.07, 6.45) is -1.11. The number of aromatic nitrogens is 4. The second-order valence-corrected chi connectivity index (χ2v) is 7.11. The Labute approximate surface area is 165 Å². The van der Waals surface area contributed by atoms with Crippen molar-refractivity contribution in [1.82, 2.24) is 29.4 Å². The van der Waals surface area contributed by atoms with E-state index >= 15 is 0 Å². The van der Waals surface area contributed by atoms with Gasteiger partial charge >= 0.3 is 5.69 Å². The molecule has 0 N–H and O–H groups in total. The fraction of sp³-hybridized carbons (Fsp3) is 0.588. The topological polar surface area (TPSA) is 102 Å². The first-order chi connectivity index (χ1) is 13.7. The van der Waals surface area contributed by atoms with Crippen molar-refractivity contribution in [3.63, 3.8) is 0 Å². The van der Waals surface area contributed by atoms with Gasteiger partial charge in [0.2, 0.25) is 11.6 Å². The molecule has 0 aromatic carbocycles. The number of carbonyl (C=O) groups excluding carboxylic acids is 1. The van der Waals surface area contributed by atoms with Gasteiger partial charge in [0.05, 0.1) is 10.6 Å². The van der Waals surface area contributed by atoms with Crippen molar-refractivity contribution in [3.05, 3.63) is 39.0 Å². The zero-order valence-electron chi connectivity index (χ0n) is 16.5. The quantitative estimate of drug-likeness (QED) is 0.526. The molecule has 0 aliphatic carbocycles. The van der Waals surface area contributed by atoms with Crippen LogP contribution in [0.4, 0.5) is 14.5 Å². The Morgan fingerprint density at radius 3 is 2.38 bits per heavy atom. The number of hydrogen-bond donors (Lipinski definition) is 0. The SMILES string of the molecule is Cc1nn(C)cc1CN1CCN(C(=O)Cn2nc(C(F)F)c([N+](=O)[O-])c2C)CC1. The van der Waals surface area contributed by atoms with Crippen molar-refractivity contribution in [2.45, 2.75) is 33.4 Å². The Morgan fingerprint density at radius 2 is 1.90 bits per heavy atom. The van der Waals surface area contributed by atoms with Crippen molar-refractivity contribution < 1.29 is 18.5 Å². The molecular formula is C17H23F2N7O3. The molecule has 1 saturated heterocycles. The molecule has 0 spiro atoms. The highest BCUT2D eigenvalue weighted by atomic mass is 19.3. The van der Waals surface area contributed by atoms with Gasteiger partial charge in [0.15, 0.2) is 0 Å². The van der Waals surface area contributed by atoms with Gasteiger partial charge in [-0.25, -0.2) is 8.78 Å². The predicted molar refractivity (Wildman–Crippen MR) is 98.4 cm³/mol. The molecule has 3 heterocycles. The van der Waals surface area contributed by atoms with Crippen molar-refractivity contribution in [2.75, 3.05) is 26.2 Å². The normalized spacial score (nSPS) is 15.3. The molecule has 0 bridgehead atoms. The number of nitrogens with zero attached hydrogens (tertiary/aromatic N) is 7. The molecule has 158 valence electrons. The molecule has 0 unspecified atom stereocenters. The van der Waals surface area contributed by atoms with Gasteiger partial charge in [-0.1, -0.05) is 0 Å². The number of aryl methyl sites for hydroxylation is 2. The van der Waals surface area contributed by atoms with Crippen molar-refractivity contribution in [2.24, 2.45) is 7.05 Å². The molecule has 0 saturated carbocycles. The van der Waals surface area contributed by atoms with Crippen LogP contribution in [0.5, 0.6) is 0 Å². The number of nitro groups is 1. The smallest absolute Gasteiger partial charge is 0.319 e. The second kappa shape index (κ2) is 8.23.